The molecule has 3 heterocycles. The summed E-state index contributed by atoms with van der Waals surface area (Å²) >= 11 is 0. The second-order valence-electron chi connectivity index (χ2n) is 5.14. The summed E-state index contributed by atoms with van der Waals surface area (Å²) in [5.41, 5.74) is 6.87. The van der Waals surface area contributed by atoms with E-state index < -0.39 is 0 Å². The number of aromatic nitrogens is 2. The van der Waals surface area contributed by atoms with Gasteiger partial charge in [0.05, 0.1) is 22.8 Å². The van der Waals surface area contributed by atoms with Crippen LogP contribution >= 0.6 is 0 Å². The Bertz CT molecular complexity index is 616. The van der Waals surface area contributed by atoms with Crippen molar-refractivity contribution in [2.45, 2.75) is 18.4 Å². The van der Waals surface area contributed by atoms with Gasteiger partial charge in [0, 0.05) is 26.0 Å². The Hall–Kier alpha value is -1.92. The summed E-state index contributed by atoms with van der Waals surface area (Å²) in [5, 5.41) is 7.26. The van der Waals surface area contributed by atoms with Gasteiger partial charge in [-0.15, -0.1) is 0 Å². The van der Waals surface area contributed by atoms with Crippen molar-refractivity contribution >= 4 is 11.4 Å². The summed E-state index contributed by atoms with van der Waals surface area (Å²) in [6.45, 7) is 1.68. The Labute approximate surface area is 116 Å². The average Bonchev–Trinajstić information content (AvgIpc) is 2.92. The maximum atomic E-state index is 12.5. The predicted octanol–water partition coefficient (Wildman–Crippen LogP) is 0.572. The van der Waals surface area contributed by atoms with E-state index in [1.54, 1.807) is 10.7 Å². The molecular weight excluding hydrogens is 256 g/mol. The summed E-state index contributed by atoms with van der Waals surface area (Å²) in [5.74, 6) is -0.126. The molecule has 1 aliphatic heterocycles. The van der Waals surface area contributed by atoms with E-state index in [0.717, 1.165) is 18.4 Å². The number of hydrogen-bond acceptors (Lipinski definition) is 4. The standard InChI is InChI=1S/C14H18N4O2/c15-10-14(4-7-20-8-5-14)17-13(19)11-9-16-18-6-2-1-3-12(11)18/h1-3,6,9H,4-5,7-8,10,15H2,(H,17,19). The highest BCUT2D eigenvalue weighted by molar-refractivity contribution is 6.01. The van der Waals surface area contributed by atoms with Crippen LogP contribution in [0.15, 0.2) is 30.6 Å². The van der Waals surface area contributed by atoms with E-state index in [1.807, 2.05) is 24.4 Å². The first-order valence-electron chi connectivity index (χ1n) is 6.77. The molecule has 1 saturated heterocycles. The fourth-order valence-electron chi connectivity index (χ4n) is 2.56. The van der Waals surface area contributed by atoms with Crippen molar-refractivity contribution in [1.29, 1.82) is 0 Å². The number of pyridine rings is 1. The van der Waals surface area contributed by atoms with Gasteiger partial charge in [-0.25, -0.2) is 4.52 Å². The third-order valence-corrected chi connectivity index (χ3v) is 3.89. The van der Waals surface area contributed by atoms with Crippen molar-refractivity contribution in [2.75, 3.05) is 19.8 Å². The van der Waals surface area contributed by atoms with Crippen molar-refractivity contribution in [3.8, 4) is 0 Å². The summed E-state index contributed by atoms with van der Waals surface area (Å²) < 4.78 is 7.03. The number of ether oxygens (including phenoxy) is 1. The lowest BCUT2D eigenvalue weighted by molar-refractivity contribution is 0.0389. The molecule has 2 aromatic heterocycles. The van der Waals surface area contributed by atoms with E-state index in [1.165, 1.54) is 0 Å². The van der Waals surface area contributed by atoms with Crippen LogP contribution in [0.5, 0.6) is 0 Å². The number of hydrogen-bond donors (Lipinski definition) is 2. The number of carbonyl (C=O) groups excluding carboxylic acids is 1. The van der Waals surface area contributed by atoms with Crippen LogP contribution in [0, 0.1) is 0 Å². The second-order valence-corrected chi connectivity index (χ2v) is 5.14. The van der Waals surface area contributed by atoms with E-state index in [4.69, 9.17) is 10.5 Å². The molecule has 3 rings (SSSR count). The number of fused-ring (bicyclic) bond motifs is 1. The average molecular weight is 274 g/mol. The fraction of sp³-hybridized carbons (Fsp3) is 0.429. The molecule has 0 aromatic carbocycles. The Morgan fingerprint density at radius 2 is 2.25 bits per heavy atom. The number of carbonyl (C=O) groups is 1. The largest absolute Gasteiger partial charge is 0.381 e. The van der Waals surface area contributed by atoms with E-state index in [0.29, 0.717) is 25.3 Å². The van der Waals surface area contributed by atoms with Crippen LogP contribution in [0.25, 0.3) is 5.52 Å². The molecule has 0 spiro atoms. The topological polar surface area (TPSA) is 81.6 Å². The third kappa shape index (κ3) is 2.28. The highest BCUT2D eigenvalue weighted by Crippen LogP contribution is 2.21. The molecule has 1 amide bonds. The molecule has 6 nitrogen and oxygen atoms in total. The van der Waals surface area contributed by atoms with Crippen molar-refractivity contribution in [1.82, 2.24) is 14.9 Å². The Morgan fingerprint density at radius 1 is 1.45 bits per heavy atom. The van der Waals surface area contributed by atoms with Crippen LogP contribution in [-0.2, 0) is 4.74 Å². The van der Waals surface area contributed by atoms with Gasteiger partial charge in [0.2, 0.25) is 0 Å². The molecule has 20 heavy (non-hydrogen) atoms. The Balaban J connectivity index is 1.85. The van der Waals surface area contributed by atoms with Crippen molar-refractivity contribution in [2.24, 2.45) is 5.73 Å². The SMILES string of the molecule is NCC1(NC(=O)c2cnn3ccccc23)CCOCC1. The summed E-state index contributed by atoms with van der Waals surface area (Å²) in [4.78, 5) is 12.5. The molecule has 0 saturated carbocycles. The zero-order valence-corrected chi connectivity index (χ0v) is 11.2. The lowest BCUT2D eigenvalue weighted by Gasteiger charge is -2.36. The highest BCUT2D eigenvalue weighted by Gasteiger charge is 2.33. The first-order chi connectivity index (χ1) is 9.74. The van der Waals surface area contributed by atoms with Crippen LogP contribution in [-0.4, -0.2) is 40.8 Å². The molecule has 0 bridgehead atoms. The molecule has 3 N–H and O–H groups in total. The monoisotopic (exact) mass is 274 g/mol. The van der Waals surface area contributed by atoms with Gasteiger partial charge >= 0.3 is 0 Å². The van der Waals surface area contributed by atoms with Crippen LogP contribution in [0.3, 0.4) is 0 Å². The van der Waals surface area contributed by atoms with Crippen LogP contribution in [0.2, 0.25) is 0 Å². The maximum absolute atomic E-state index is 12.5. The first-order valence-corrected chi connectivity index (χ1v) is 6.77. The molecule has 0 atom stereocenters. The lowest BCUT2D eigenvalue weighted by atomic mass is 9.90. The van der Waals surface area contributed by atoms with Gasteiger partial charge in [-0.3, -0.25) is 4.79 Å². The molecule has 0 aliphatic carbocycles. The van der Waals surface area contributed by atoms with Gasteiger partial charge in [0.1, 0.15) is 0 Å². The Kier molecular flexibility index (Phi) is 3.42. The predicted molar refractivity (Wildman–Crippen MR) is 74.5 cm³/mol. The number of nitrogens with zero attached hydrogens (tertiary/aromatic N) is 2. The smallest absolute Gasteiger partial charge is 0.255 e. The summed E-state index contributed by atoms with van der Waals surface area (Å²) in [6.07, 6.45) is 4.90. The number of amides is 1. The van der Waals surface area contributed by atoms with Gasteiger partial charge in [0.25, 0.3) is 5.91 Å². The summed E-state index contributed by atoms with van der Waals surface area (Å²) in [7, 11) is 0. The minimum absolute atomic E-state index is 0.126. The van der Waals surface area contributed by atoms with Gasteiger partial charge in [-0.1, -0.05) is 6.07 Å². The zero-order chi connectivity index (χ0) is 14.0. The van der Waals surface area contributed by atoms with Gasteiger partial charge in [-0.05, 0) is 25.0 Å². The van der Waals surface area contributed by atoms with Crippen molar-refractivity contribution < 1.29 is 9.53 Å². The normalized spacial score (nSPS) is 18.1. The third-order valence-electron chi connectivity index (χ3n) is 3.89. The minimum Gasteiger partial charge on any atom is -0.381 e. The maximum Gasteiger partial charge on any atom is 0.255 e. The van der Waals surface area contributed by atoms with Crippen LogP contribution in [0.4, 0.5) is 0 Å². The lowest BCUT2D eigenvalue weighted by Crippen LogP contribution is -2.56. The molecule has 1 aliphatic rings. The zero-order valence-electron chi connectivity index (χ0n) is 11.2. The molecule has 106 valence electrons. The van der Waals surface area contributed by atoms with Gasteiger partial charge < -0.3 is 15.8 Å². The van der Waals surface area contributed by atoms with E-state index >= 15 is 0 Å². The quantitative estimate of drug-likeness (QED) is 0.857. The molecule has 1 fully saturated rings. The van der Waals surface area contributed by atoms with Crippen LogP contribution < -0.4 is 11.1 Å². The number of rotatable bonds is 3. The number of nitrogens with two attached hydrogens (primary N) is 1. The van der Waals surface area contributed by atoms with E-state index in [9.17, 15) is 4.79 Å². The van der Waals surface area contributed by atoms with Gasteiger partial charge in [-0.2, -0.15) is 5.10 Å². The summed E-state index contributed by atoms with van der Waals surface area (Å²) in [6, 6.07) is 5.64. The van der Waals surface area contributed by atoms with E-state index in [-0.39, 0.29) is 11.4 Å². The van der Waals surface area contributed by atoms with Crippen LogP contribution in [0.1, 0.15) is 23.2 Å². The molecule has 2 aromatic rings. The van der Waals surface area contributed by atoms with E-state index in [2.05, 4.69) is 10.4 Å². The fourth-order valence-corrected chi connectivity index (χ4v) is 2.56. The molecule has 0 radical (unpaired) electrons. The van der Waals surface area contributed by atoms with Gasteiger partial charge in [0.15, 0.2) is 0 Å². The highest BCUT2D eigenvalue weighted by atomic mass is 16.5. The van der Waals surface area contributed by atoms with Crippen molar-refractivity contribution in [3.63, 3.8) is 0 Å². The second kappa shape index (κ2) is 5.22. The molecular formula is C14H18N4O2. The first kappa shape index (κ1) is 13.1. The van der Waals surface area contributed by atoms with Crippen molar-refractivity contribution in [3.05, 3.63) is 36.2 Å². The molecule has 6 heteroatoms. The Morgan fingerprint density at radius 3 is 3.00 bits per heavy atom. The molecule has 0 unspecified atom stereocenters. The minimum atomic E-state index is -0.363. The number of nitrogens with one attached hydrogen (secondary N) is 1.